The summed E-state index contributed by atoms with van der Waals surface area (Å²) in [5, 5.41) is 0.731. The van der Waals surface area contributed by atoms with Gasteiger partial charge in [-0.25, -0.2) is 0 Å². The number of pyridine rings is 1. The predicted molar refractivity (Wildman–Crippen MR) is 64.5 cm³/mol. The zero-order valence-electron chi connectivity index (χ0n) is 9.31. The summed E-state index contributed by atoms with van der Waals surface area (Å²) in [5.74, 6) is 0.637. The SMILES string of the molecule is Cn1c(N)cc2c(=O)n(C3CCC3)ccc21. The molecule has 0 bridgehead atoms. The first-order valence-electron chi connectivity index (χ1n) is 5.64. The van der Waals surface area contributed by atoms with Crippen molar-refractivity contribution in [2.75, 3.05) is 5.73 Å². The molecule has 0 atom stereocenters. The van der Waals surface area contributed by atoms with Crippen LogP contribution in [0.1, 0.15) is 25.3 Å². The summed E-state index contributed by atoms with van der Waals surface area (Å²) >= 11 is 0. The van der Waals surface area contributed by atoms with E-state index in [0.717, 1.165) is 23.7 Å². The minimum atomic E-state index is 0.0921. The van der Waals surface area contributed by atoms with Gasteiger partial charge in [0.25, 0.3) is 5.56 Å². The Bertz CT molecular complexity index is 604. The number of nitrogens with two attached hydrogens (primary N) is 1. The first-order chi connectivity index (χ1) is 7.68. The lowest BCUT2D eigenvalue weighted by Gasteiger charge is -2.27. The lowest BCUT2D eigenvalue weighted by Crippen LogP contribution is -2.28. The topological polar surface area (TPSA) is 52.9 Å². The van der Waals surface area contributed by atoms with E-state index in [-0.39, 0.29) is 5.56 Å². The van der Waals surface area contributed by atoms with Crippen LogP contribution in [-0.4, -0.2) is 9.13 Å². The largest absolute Gasteiger partial charge is 0.385 e. The fourth-order valence-electron chi connectivity index (χ4n) is 2.32. The standard InChI is InChI=1S/C12H15N3O/c1-14-10-5-6-15(8-3-2-4-8)12(16)9(10)7-11(14)13/h5-8H,2-4,13H2,1H3. The van der Waals surface area contributed by atoms with E-state index in [1.54, 1.807) is 6.07 Å². The summed E-state index contributed by atoms with van der Waals surface area (Å²) in [5.41, 5.74) is 6.82. The van der Waals surface area contributed by atoms with Crippen molar-refractivity contribution in [3.05, 3.63) is 28.7 Å². The van der Waals surface area contributed by atoms with Gasteiger partial charge in [-0.2, -0.15) is 0 Å². The molecule has 1 aliphatic carbocycles. The zero-order chi connectivity index (χ0) is 11.3. The highest BCUT2D eigenvalue weighted by Gasteiger charge is 2.21. The van der Waals surface area contributed by atoms with Gasteiger partial charge in [0.05, 0.1) is 10.9 Å². The number of hydrogen-bond acceptors (Lipinski definition) is 2. The molecule has 2 aromatic rings. The maximum atomic E-state index is 12.2. The van der Waals surface area contributed by atoms with Crippen molar-refractivity contribution < 1.29 is 0 Å². The van der Waals surface area contributed by atoms with Crippen LogP contribution in [0.15, 0.2) is 23.1 Å². The van der Waals surface area contributed by atoms with Gasteiger partial charge in [0.15, 0.2) is 0 Å². The summed E-state index contributed by atoms with van der Waals surface area (Å²) in [4.78, 5) is 12.2. The van der Waals surface area contributed by atoms with Gasteiger partial charge in [0, 0.05) is 19.3 Å². The molecule has 0 unspecified atom stereocenters. The summed E-state index contributed by atoms with van der Waals surface area (Å²) in [6.45, 7) is 0. The molecule has 84 valence electrons. The van der Waals surface area contributed by atoms with E-state index in [1.165, 1.54) is 6.42 Å². The molecule has 0 radical (unpaired) electrons. The molecular weight excluding hydrogens is 202 g/mol. The third kappa shape index (κ3) is 1.13. The summed E-state index contributed by atoms with van der Waals surface area (Å²) < 4.78 is 3.70. The van der Waals surface area contributed by atoms with Gasteiger partial charge in [-0.15, -0.1) is 0 Å². The number of nitrogen functional groups attached to an aromatic ring is 1. The van der Waals surface area contributed by atoms with E-state index in [1.807, 2.05) is 28.4 Å². The van der Waals surface area contributed by atoms with Crippen molar-refractivity contribution in [3.63, 3.8) is 0 Å². The molecule has 4 nitrogen and oxygen atoms in total. The van der Waals surface area contributed by atoms with Gasteiger partial charge in [-0.3, -0.25) is 4.79 Å². The van der Waals surface area contributed by atoms with Crippen LogP contribution in [0.5, 0.6) is 0 Å². The minimum Gasteiger partial charge on any atom is -0.385 e. The quantitative estimate of drug-likeness (QED) is 0.789. The van der Waals surface area contributed by atoms with Crippen LogP contribution in [0.4, 0.5) is 5.82 Å². The normalized spacial score (nSPS) is 16.6. The number of rotatable bonds is 1. The van der Waals surface area contributed by atoms with Gasteiger partial charge in [-0.1, -0.05) is 0 Å². The third-order valence-corrected chi connectivity index (χ3v) is 3.64. The van der Waals surface area contributed by atoms with E-state index < -0.39 is 0 Å². The third-order valence-electron chi connectivity index (χ3n) is 3.64. The van der Waals surface area contributed by atoms with Crippen molar-refractivity contribution in [2.24, 2.45) is 7.05 Å². The summed E-state index contributed by atoms with van der Waals surface area (Å²) in [6, 6.07) is 4.15. The fraction of sp³-hybridized carbons (Fsp3) is 0.417. The average Bonchev–Trinajstić information content (AvgIpc) is 2.47. The Morgan fingerprint density at radius 2 is 2.19 bits per heavy atom. The van der Waals surface area contributed by atoms with Crippen molar-refractivity contribution in [2.45, 2.75) is 25.3 Å². The summed E-state index contributed by atoms with van der Waals surface area (Å²) in [7, 11) is 1.88. The highest BCUT2D eigenvalue weighted by molar-refractivity contribution is 5.83. The maximum absolute atomic E-state index is 12.2. The molecule has 2 N–H and O–H groups in total. The van der Waals surface area contributed by atoms with Crippen LogP contribution < -0.4 is 11.3 Å². The van der Waals surface area contributed by atoms with Gasteiger partial charge in [0.1, 0.15) is 5.82 Å². The van der Waals surface area contributed by atoms with Crippen molar-refractivity contribution in [1.82, 2.24) is 9.13 Å². The van der Waals surface area contributed by atoms with Gasteiger partial charge in [-0.05, 0) is 31.4 Å². The molecule has 3 rings (SSSR count). The molecule has 1 aliphatic rings. The smallest absolute Gasteiger partial charge is 0.260 e. The molecule has 0 spiro atoms. The molecule has 2 heterocycles. The Morgan fingerprint density at radius 3 is 2.81 bits per heavy atom. The minimum absolute atomic E-state index is 0.0921. The van der Waals surface area contributed by atoms with Gasteiger partial charge >= 0.3 is 0 Å². The number of fused-ring (bicyclic) bond motifs is 1. The highest BCUT2D eigenvalue weighted by Crippen LogP contribution is 2.30. The first kappa shape index (κ1) is 9.51. The lowest BCUT2D eigenvalue weighted by atomic mass is 9.93. The molecule has 0 aromatic carbocycles. The van der Waals surface area contributed by atoms with E-state index >= 15 is 0 Å². The number of aromatic nitrogens is 2. The van der Waals surface area contributed by atoms with Crippen LogP contribution in [0, 0.1) is 0 Å². The Hall–Kier alpha value is -1.71. The monoisotopic (exact) mass is 217 g/mol. The Kier molecular flexibility index (Phi) is 1.87. The maximum Gasteiger partial charge on any atom is 0.260 e. The molecule has 2 aromatic heterocycles. The zero-order valence-corrected chi connectivity index (χ0v) is 9.31. The second-order valence-electron chi connectivity index (χ2n) is 4.54. The molecule has 4 heteroatoms. The average molecular weight is 217 g/mol. The highest BCUT2D eigenvalue weighted by atomic mass is 16.1. The van der Waals surface area contributed by atoms with Crippen LogP contribution in [-0.2, 0) is 7.05 Å². The van der Waals surface area contributed by atoms with Crippen LogP contribution >= 0.6 is 0 Å². The van der Waals surface area contributed by atoms with Crippen molar-refractivity contribution >= 4 is 16.7 Å². The van der Waals surface area contributed by atoms with E-state index in [9.17, 15) is 4.79 Å². The van der Waals surface area contributed by atoms with E-state index in [0.29, 0.717) is 11.9 Å². The van der Waals surface area contributed by atoms with Crippen molar-refractivity contribution in [3.8, 4) is 0 Å². The number of anilines is 1. The molecule has 1 saturated carbocycles. The lowest BCUT2D eigenvalue weighted by molar-refractivity contribution is 0.307. The second kappa shape index (κ2) is 3.14. The number of aryl methyl sites for hydroxylation is 1. The molecule has 0 saturated heterocycles. The predicted octanol–water partition coefficient (Wildman–Crippen LogP) is 1.65. The Labute approximate surface area is 93.3 Å². The van der Waals surface area contributed by atoms with E-state index in [2.05, 4.69) is 0 Å². The fourth-order valence-corrected chi connectivity index (χ4v) is 2.32. The number of hydrogen-bond donors (Lipinski definition) is 1. The van der Waals surface area contributed by atoms with Gasteiger partial charge < -0.3 is 14.9 Å². The Morgan fingerprint density at radius 1 is 1.44 bits per heavy atom. The molecule has 1 fully saturated rings. The van der Waals surface area contributed by atoms with Crippen molar-refractivity contribution in [1.29, 1.82) is 0 Å². The molecular formula is C12H15N3O. The molecule has 0 amide bonds. The van der Waals surface area contributed by atoms with Crippen LogP contribution in [0.2, 0.25) is 0 Å². The molecule has 0 aliphatic heterocycles. The number of nitrogens with zero attached hydrogens (tertiary/aromatic N) is 2. The molecule has 16 heavy (non-hydrogen) atoms. The van der Waals surface area contributed by atoms with Crippen LogP contribution in [0.25, 0.3) is 10.9 Å². The Balaban J connectivity index is 2.27. The summed E-state index contributed by atoms with van der Waals surface area (Å²) in [6.07, 6.45) is 5.36. The van der Waals surface area contributed by atoms with Gasteiger partial charge in [0.2, 0.25) is 0 Å². The van der Waals surface area contributed by atoms with Crippen LogP contribution in [0.3, 0.4) is 0 Å². The second-order valence-corrected chi connectivity index (χ2v) is 4.54. The van der Waals surface area contributed by atoms with E-state index in [4.69, 9.17) is 5.73 Å². The first-order valence-corrected chi connectivity index (χ1v) is 5.64.